The monoisotopic (exact) mass is 459 g/mol. The maximum atomic E-state index is 10.4. The van der Waals surface area contributed by atoms with Crippen LogP contribution in [0.1, 0.15) is 43.7 Å². The van der Waals surface area contributed by atoms with E-state index in [1.165, 1.54) is 0 Å². The second-order valence-electron chi connectivity index (χ2n) is 8.91. The number of hydrogen-bond donors (Lipinski definition) is 2. The minimum atomic E-state index is -0.262. The third-order valence-electron chi connectivity index (χ3n) is 6.15. The van der Waals surface area contributed by atoms with Gasteiger partial charge in [0, 0.05) is 68.9 Å². The molecule has 2 unspecified atom stereocenters. The molecule has 0 radical (unpaired) electrons. The molecule has 2 aromatic rings. The molecule has 0 bridgehead atoms. The first kappa shape index (κ1) is 25.4. The van der Waals surface area contributed by atoms with Crippen LogP contribution in [0.4, 0.5) is 5.82 Å². The van der Waals surface area contributed by atoms with E-state index >= 15 is 0 Å². The van der Waals surface area contributed by atoms with Crippen LogP contribution in [-0.4, -0.2) is 60.0 Å². The number of aliphatic imine (C=N–C) groups is 1. The zero-order valence-corrected chi connectivity index (χ0v) is 20.8. The molecule has 2 N–H and O–H groups in total. The van der Waals surface area contributed by atoms with Crippen molar-refractivity contribution in [2.75, 3.05) is 33.0 Å². The van der Waals surface area contributed by atoms with Crippen LogP contribution in [-0.2, 0) is 0 Å². The fourth-order valence-corrected chi connectivity index (χ4v) is 4.32. The molecule has 1 aliphatic carbocycles. The molecule has 1 aliphatic rings. The van der Waals surface area contributed by atoms with Crippen molar-refractivity contribution in [2.24, 2.45) is 10.9 Å². The lowest BCUT2D eigenvalue weighted by atomic mass is 9.86. The smallest absolute Gasteiger partial charge is 0.161 e. The highest BCUT2D eigenvalue weighted by Gasteiger charge is 2.23. The summed E-state index contributed by atoms with van der Waals surface area (Å²) in [5, 5.41) is 14.0. The van der Waals surface area contributed by atoms with Gasteiger partial charge in [0.05, 0.1) is 6.10 Å². The Morgan fingerprint density at radius 2 is 2.06 bits per heavy atom. The molecule has 1 saturated carbocycles. The van der Waals surface area contributed by atoms with Crippen LogP contribution in [0.15, 0.2) is 60.4 Å². The summed E-state index contributed by atoms with van der Waals surface area (Å²) in [5.41, 5.74) is 4.88. The Kier molecular flexibility index (Phi) is 9.16. The van der Waals surface area contributed by atoms with Crippen LogP contribution < -0.4 is 5.32 Å². The molecular weight excluding hydrogens is 422 g/mol. The Balaban J connectivity index is 1.98. The van der Waals surface area contributed by atoms with E-state index in [1.807, 2.05) is 68.8 Å². The van der Waals surface area contributed by atoms with E-state index in [0.717, 1.165) is 59.3 Å². The average molecular weight is 460 g/mol. The van der Waals surface area contributed by atoms with Crippen molar-refractivity contribution < 1.29 is 5.11 Å². The maximum absolute atomic E-state index is 10.4. The van der Waals surface area contributed by atoms with E-state index in [0.29, 0.717) is 12.4 Å². The van der Waals surface area contributed by atoms with Gasteiger partial charge in [0.15, 0.2) is 5.82 Å². The van der Waals surface area contributed by atoms with Gasteiger partial charge >= 0.3 is 0 Å². The topological polar surface area (TPSA) is 73.6 Å². The standard InChI is InChI=1S/C28H37N5O/c1-6-20(16-29-3)25-18-31-27(32-28(25)30-17-24-11-8-9-14-26(24)34)23-13-10-12-22(15-23)21(7-2)19-33(4)5/h6-7,10,12-13,15-16,18-19,24,26,34H,2,8-9,11,14,17H2,1,3-5H3,(H,30,31,32)/b20-6+,21-19+,29-16-. The van der Waals surface area contributed by atoms with Gasteiger partial charge in [0.25, 0.3) is 0 Å². The Morgan fingerprint density at radius 1 is 1.26 bits per heavy atom. The lowest BCUT2D eigenvalue weighted by Gasteiger charge is -2.28. The van der Waals surface area contributed by atoms with Crippen molar-refractivity contribution in [3.05, 3.63) is 66.5 Å². The van der Waals surface area contributed by atoms with Gasteiger partial charge in [0.1, 0.15) is 5.82 Å². The predicted octanol–water partition coefficient (Wildman–Crippen LogP) is 5.30. The third-order valence-corrected chi connectivity index (χ3v) is 6.15. The van der Waals surface area contributed by atoms with Gasteiger partial charge in [-0.15, -0.1) is 0 Å². The molecule has 1 fully saturated rings. The SMILES string of the molecule is C=C/C(=C\N(C)C)c1cccc(-c2ncc(C(/C=N\C)=C/C)c(NCC3CCCCC3O)n2)c1. The third kappa shape index (κ3) is 6.41. The molecule has 6 heteroatoms. The molecule has 3 rings (SSSR count). The Hall–Kier alpha value is -3.25. The number of nitrogens with zero attached hydrogens (tertiary/aromatic N) is 4. The van der Waals surface area contributed by atoms with Crippen LogP contribution in [0.5, 0.6) is 0 Å². The summed E-state index contributed by atoms with van der Waals surface area (Å²) in [4.78, 5) is 15.8. The van der Waals surface area contributed by atoms with Crippen molar-refractivity contribution in [1.82, 2.24) is 14.9 Å². The van der Waals surface area contributed by atoms with Crippen LogP contribution in [0.25, 0.3) is 22.5 Å². The normalized spacial score (nSPS) is 19.3. The fraction of sp³-hybridized carbons (Fsp3) is 0.393. The zero-order valence-electron chi connectivity index (χ0n) is 20.8. The van der Waals surface area contributed by atoms with E-state index in [9.17, 15) is 5.11 Å². The summed E-state index contributed by atoms with van der Waals surface area (Å²) in [5.74, 6) is 1.63. The van der Waals surface area contributed by atoms with Crippen molar-refractivity contribution in [1.29, 1.82) is 0 Å². The maximum Gasteiger partial charge on any atom is 0.161 e. The van der Waals surface area contributed by atoms with Gasteiger partial charge in [0.2, 0.25) is 0 Å². The largest absolute Gasteiger partial charge is 0.393 e. The molecule has 0 amide bonds. The Bertz CT molecular complexity index is 1070. The molecule has 1 aromatic carbocycles. The number of aliphatic hydroxyl groups is 1. The highest BCUT2D eigenvalue weighted by molar-refractivity contribution is 6.11. The molecule has 180 valence electrons. The second kappa shape index (κ2) is 12.3. The summed E-state index contributed by atoms with van der Waals surface area (Å²) in [6.07, 6.45) is 13.5. The van der Waals surface area contributed by atoms with E-state index in [-0.39, 0.29) is 12.0 Å². The molecule has 2 atom stereocenters. The molecule has 0 saturated heterocycles. The lowest BCUT2D eigenvalue weighted by Crippen LogP contribution is -2.30. The summed E-state index contributed by atoms with van der Waals surface area (Å²) in [7, 11) is 5.75. The Labute approximate surface area is 203 Å². The summed E-state index contributed by atoms with van der Waals surface area (Å²) in [6, 6.07) is 8.19. The van der Waals surface area contributed by atoms with Gasteiger partial charge < -0.3 is 15.3 Å². The quantitative estimate of drug-likeness (QED) is 0.393. The molecule has 34 heavy (non-hydrogen) atoms. The molecule has 0 aliphatic heterocycles. The van der Waals surface area contributed by atoms with Crippen LogP contribution >= 0.6 is 0 Å². The van der Waals surface area contributed by atoms with Gasteiger partial charge in [-0.1, -0.05) is 49.8 Å². The van der Waals surface area contributed by atoms with E-state index in [2.05, 4.69) is 29.0 Å². The minimum absolute atomic E-state index is 0.226. The Morgan fingerprint density at radius 3 is 2.74 bits per heavy atom. The lowest BCUT2D eigenvalue weighted by molar-refractivity contribution is 0.0763. The molecule has 1 heterocycles. The van der Waals surface area contributed by atoms with Crippen molar-refractivity contribution >= 4 is 23.2 Å². The number of benzene rings is 1. The minimum Gasteiger partial charge on any atom is -0.393 e. The first-order valence-electron chi connectivity index (χ1n) is 12.0. The molecular formula is C28H37N5O. The predicted molar refractivity (Wildman–Crippen MR) is 144 cm³/mol. The second-order valence-corrected chi connectivity index (χ2v) is 8.91. The molecule has 0 spiro atoms. The fourth-order valence-electron chi connectivity index (χ4n) is 4.32. The van der Waals surface area contributed by atoms with Gasteiger partial charge in [-0.25, -0.2) is 9.97 Å². The van der Waals surface area contributed by atoms with Gasteiger partial charge in [-0.05, 0) is 37.0 Å². The average Bonchev–Trinajstić information content (AvgIpc) is 2.85. The summed E-state index contributed by atoms with van der Waals surface area (Å²) >= 11 is 0. The molecule has 1 aromatic heterocycles. The number of nitrogens with one attached hydrogen (secondary N) is 1. The number of anilines is 1. The van der Waals surface area contributed by atoms with E-state index in [4.69, 9.17) is 9.97 Å². The summed E-state index contributed by atoms with van der Waals surface area (Å²) in [6.45, 7) is 6.63. The first-order chi connectivity index (χ1) is 16.5. The number of allylic oxidation sites excluding steroid dienone is 4. The van der Waals surface area contributed by atoms with Crippen LogP contribution in [0.3, 0.4) is 0 Å². The van der Waals surface area contributed by atoms with Crippen LogP contribution in [0, 0.1) is 5.92 Å². The van der Waals surface area contributed by atoms with E-state index in [1.54, 1.807) is 7.05 Å². The van der Waals surface area contributed by atoms with Crippen molar-refractivity contribution in [2.45, 2.75) is 38.7 Å². The number of rotatable bonds is 9. The summed E-state index contributed by atoms with van der Waals surface area (Å²) < 4.78 is 0. The van der Waals surface area contributed by atoms with Crippen molar-refractivity contribution in [3.8, 4) is 11.4 Å². The van der Waals surface area contributed by atoms with Gasteiger partial charge in [-0.2, -0.15) is 0 Å². The first-order valence-corrected chi connectivity index (χ1v) is 12.0. The van der Waals surface area contributed by atoms with Crippen molar-refractivity contribution in [3.63, 3.8) is 0 Å². The highest BCUT2D eigenvalue weighted by Crippen LogP contribution is 2.29. The number of aromatic nitrogens is 2. The highest BCUT2D eigenvalue weighted by atomic mass is 16.3. The number of hydrogen-bond acceptors (Lipinski definition) is 6. The van der Waals surface area contributed by atoms with Crippen LogP contribution in [0.2, 0.25) is 0 Å². The van der Waals surface area contributed by atoms with Gasteiger partial charge in [-0.3, -0.25) is 4.99 Å². The zero-order chi connectivity index (χ0) is 24.5. The van der Waals surface area contributed by atoms with E-state index < -0.39 is 0 Å². The molecule has 6 nitrogen and oxygen atoms in total. The number of aliphatic hydroxyl groups excluding tert-OH is 1.